The molecule has 0 bridgehead atoms. The van der Waals surface area contributed by atoms with Crippen molar-refractivity contribution in [2.24, 2.45) is 0 Å². The van der Waals surface area contributed by atoms with Gasteiger partial charge in [0, 0.05) is 0 Å². The summed E-state index contributed by atoms with van der Waals surface area (Å²) in [7, 11) is 0. The van der Waals surface area contributed by atoms with Gasteiger partial charge in [0.2, 0.25) is 0 Å². The monoisotopic (exact) mass is 706 g/mol. The summed E-state index contributed by atoms with van der Waals surface area (Å²) in [5, 5.41) is 20.4. The highest BCUT2D eigenvalue weighted by Crippen LogP contribution is 2.48. The molecular formula is C56H34. The molecule has 0 aliphatic heterocycles. The molecule has 0 heterocycles. The van der Waals surface area contributed by atoms with Gasteiger partial charge in [-0.05, 0) is 144 Å². The van der Waals surface area contributed by atoms with Crippen LogP contribution in [0.4, 0.5) is 0 Å². The minimum absolute atomic E-state index is 1.23. The van der Waals surface area contributed by atoms with E-state index in [1.165, 1.54) is 120 Å². The molecule has 258 valence electrons. The Balaban J connectivity index is 1.11. The van der Waals surface area contributed by atoms with E-state index in [9.17, 15) is 0 Å². The summed E-state index contributed by atoms with van der Waals surface area (Å²) in [4.78, 5) is 0. The number of rotatable bonds is 3. The zero-order valence-electron chi connectivity index (χ0n) is 30.6. The van der Waals surface area contributed by atoms with Crippen molar-refractivity contribution < 1.29 is 0 Å². The lowest BCUT2D eigenvalue weighted by molar-refractivity contribution is 1.66. The smallest absolute Gasteiger partial charge is 0.00199 e. The first kappa shape index (κ1) is 31.1. The molecule has 56 heavy (non-hydrogen) atoms. The second kappa shape index (κ2) is 12.1. The zero-order valence-corrected chi connectivity index (χ0v) is 30.6. The molecular weight excluding hydrogens is 673 g/mol. The first-order chi connectivity index (χ1) is 27.8. The maximum atomic E-state index is 2.49. The molecule has 0 saturated heterocycles. The van der Waals surface area contributed by atoms with Gasteiger partial charge in [0.1, 0.15) is 0 Å². The third kappa shape index (κ3) is 4.60. The lowest BCUT2D eigenvalue weighted by Crippen LogP contribution is -1.93. The molecule has 0 saturated carbocycles. The third-order valence-electron chi connectivity index (χ3n) is 12.2. The van der Waals surface area contributed by atoms with E-state index in [0.29, 0.717) is 0 Å². The van der Waals surface area contributed by atoms with Gasteiger partial charge in [0.25, 0.3) is 0 Å². The lowest BCUT2D eigenvalue weighted by Gasteiger charge is -2.21. The maximum absolute atomic E-state index is 2.49. The average molecular weight is 707 g/mol. The maximum Gasteiger partial charge on any atom is -0.00199 e. The summed E-state index contributed by atoms with van der Waals surface area (Å²) < 4.78 is 0. The number of hydrogen-bond acceptors (Lipinski definition) is 0. The highest BCUT2D eigenvalue weighted by Gasteiger charge is 2.21. The van der Waals surface area contributed by atoms with Crippen molar-refractivity contribution >= 4 is 86.2 Å². The summed E-state index contributed by atoms with van der Waals surface area (Å²) in [5.74, 6) is 0. The molecule has 0 aliphatic carbocycles. The van der Waals surface area contributed by atoms with Crippen molar-refractivity contribution in [3.05, 3.63) is 206 Å². The van der Waals surface area contributed by atoms with Crippen LogP contribution in [-0.2, 0) is 0 Å². The van der Waals surface area contributed by atoms with Gasteiger partial charge >= 0.3 is 0 Å². The summed E-state index contributed by atoms with van der Waals surface area (Å²) in [6, 6.07) is 76.7. The molecule has 0 aromatic heterocycles. The summed E-state index contributed by atoms with van der Waals surface area (Å²) in [6.07, 6.45) is 0. The van der Waals surface area contributed by atoms with Crippen LogP contribution < -0.4 is 0 Å². The Bertz CT molecular complexity index is 3530. The quantitative estimate of drug-likeness (QED) is 0.127. The molecule has 0 radical (unpaired) electrons. The highest BCUT2D eigenvalue weighted by molar-refractivity contribution is 6.34. The van der Waals surface area contributed by atoms with E-state index in [-0.39, 0.29) is 0 Å². The van der Waals surface area contributed by atoms with Crippen molar-refractivity contribution in [3.8, 4) is 33.4 Å². The van der Waals surface area contributed by atoms with Crippen LogP contribution in [0.2, 0.25) is 0 Å². The Hall–Kier alpha value is -7.28. The van der Waals surface area contributed by atoms with Gasteiger partial charge in [-0.3, -0.25) is 0 Å². The predicted molar refractivity (Wildman–Crippen MR) is 243 cm³/mol. The van der Waals surface area contributed by atoms with E-state index in [0.717, 1.165) is 0 Å². The first-order valence-corrected chi connectivity index (χ1v) is 19.5. The van der Waals surface area contributed by atoms with E-state index >= 15 is 0 Å². The Morgan fingerprint density at radius 2 is 0.554 bits per heavy atom. The van der Waals surface area contributed by atoms with Crippen LogP contribution in [0.15, 0.2) is 206 Å². The SMILES string of the molecule is c1ccc2cc(-c3ccc4cc(-c5c6ccccc6c(-c6cc7c8ccccc8c8ccccc8c7c7ccccc67)c6ccccc56)ccc4c3)ccc2c1. The van der Waals surface area contributed by atoms with Crippen molar-refractivity contribution in [1.82, 2.24) is 0 Å². The van der Waals surface area contributed by atoms with Gasteiger partial charge in [0.15, 0.2) is 0 Å². The molecule has 0 heteroatoms. The number of fused-ring (bicyclic) bond motifs is 12. The van der Waals surface area contributed by atoms with Crippen LogP contribution in [0.5, 0.6) is 0 Å². The average Bonchev–Trinajstić information content (AvgIpc) is 3.27. The molecule has 12 rings (SSSR count). The predicted octanol–water partition coefficient (Wildman–Crippen LogP) is 15.9. The zero-order chi connectivity index (χ0) is 36.7. The minimum Gasteiger partial charge on any atom is -0.0616 e. The first-order valence-electron chi connectivity index (χ1n) is 19.5. The van der Waals surface area contributed by atoms with Crippen LogP contribution >= 0.6 is 0 Å². The largest absolute Gasteiger partial charge is 0.0616 e. The fourth-order valence-electron chi connectivity index (χ4n) is 9.65. The molecule has 0 nitrogen and oxygen atoms in total. The van der Waals surface area contributed by atoms with Crippen LogP contribution in [-0.4, -0.2) is 0 Å². The second-order valence-corrected chi connectivity index (χ2v) is 15.2. The number of hydrogen-bond donors (Lipinski definition) is 0. The topological polar surface area (TPSA) is 0 Å². The van der Waals surface area contributed by atoms with Crippen LogP contribution in [0.1, 0.15) is 0 Å². The molecule has 0 spiro atoms. The Labute approximate surface area is 324 Å². The van der Waals surface area contributed by atoms with Crippen LogP contribution in [0, 0.1) is 0 Å². The van der Waals surface area contributed by atoms with Crippen molar-refractivity contribution in [3.63, 3.8) is 0 Å². The Morgan fingerprint density at radius 1 is 0.196 bits per heavy atom. The molecule has 12 aromatic carbocycles. The van der Waals surface area contributed by atoms with Gasteiger partial charge in [-0.15, -0.1) is 0 Å². The Morgan fingerprint density at radius 3 is 1.14 bits per heavy atom. The standard InChI is InChI=1S/C56H34/c1-2-14-36-31-37(26-25-35(36)13-1)38-27-28-40-33-41(30-29-39(40)32-38)54-48-21-9-11-23-50(48)56(51-24-12-10-22-49(51)54)53-34-52-44-17-4-3-15-42(44)43-16-5-7-19-46(43)55(52)47-20-8-6-18-45(47)53/h1-34H. The van der Waals surface area contributed by atoms with E-state index in [4.69, 9.17) is 0 Å². The van der Waals surface area contributed by atoms with Crippen LogP contribution in [0.25, 0.3) is 120 Å². The van der Waals surface area contributed by atoms with Gasteiger partial charge in [-0.2, -0.15) is 0 Å². The van der Waals surface area contributed by atoms with Crippen LogP contribution in [0.3, 0.4) is 0 Å². The van der Waals surface area contributed by atoms with E-state index < -0.39 is 0 Å². The minimum atomic E-state index is 1.23. The van der Waals surface area contributed by atoms with Gasteiger partial charge in [-0.1, -0.05) is 182 Å². The normalized spacial score (nSPS) is 11.9. The highest BCUT2D eigenvalue weighted by atomic mass is 14.2. The fraction of sp³-hybridized carbons (Fsp3) is 0. The summed E-state index contributed by atoms with van der Waals surface area (Å²) in [5.41, 5.74) is 7.55. The van der Waals surface area contributed by atoms with Crippen molar-refractivity contribution in [2.75, 3.05) is 0 Å². The molecule has 0 N–H and O–H groups in total. The van der Waals surface area contributed by atoms with Crippen molar-refractivity contribution in [1.29, 1.82) is 0 Å². The van der Waals surface area contributed by atoms with E-state index in [2.05, 4.69) is 206 Å². The van der Waals surface area contributed by atoms with Gasteiger partial charge in [-0.25, -0.2) is 0 Å². The molecule has 12 aromatic rings. The summed E-state index contributed by atoms with van der Waals surface area (Å²) >= 11 is 0. The molecule has 0 amide bonds. The number of benzene rings is 12. The van der Waals surface area contributed by atoms with E-state index in [1.54, 1.807) is 0 Å². The molecule has 0 aliphatic rings. The lowest BCUT2D eigenvalue weighted by atomic mass is 9.82. The van der Waals surface area contributed by atoms with Crippen molar-refractivity contribution in [2.45, 2.75) is 0 Å². The third-order valence-corrected chi connectivity index (χ3v) is 12.2. The van der Waals surface area contributed by atoms with Gasteiger partial charge in [0.05, 0.1) is 0 Å². The molecule has 0 unspecified atom stereocenters. The summed E-state index contributed by atoms with van der Waals surface area (Å²) in [6.45, 7) is 0. The second-order valence-electron chi connectivity index (χ2n) is 15.2. The fourth-order valence-corrected chi connectivity index (χ4v) is 9.65. The van der Waals surface area contributed by atoms with Gasteiger partial charge < -0.3 is 0 Å². The molecule has 0 atom stereocenters. The Kier molecular flexibility index (Phi) is 6.73. The molecule has 0 fully saturated rings. The van der Waals surface area contributed by atoms with E-state index in [1.807, 2.05) is 0 Å².